The molecule has 0 atom stereocenters. The summed E-state index contributed by atoms with van der Waals surface area (Å²) >= 11 is 0. The molecule has 12 aliphatic rings. The van der Waals surface area contributed by atoms with Crippen LogP contribution < -0.4 is 41.7 Å². The number of nitrogens with one attached hydrogen (secondary N) is 2. The van der Waals surface area contributed by atoms with Crippen LogP contribution in [0.2, 0.25) is 0 Å². The molecular formula is C38H68N8+8. The molecule has 14 N–H and O–H groups in total. The fourth-order valence-electron chi connectivity index (χ4n) is 6.63. The monoisotopic (exact) mass is 637 g/mol. The van der Waals surface area contributed by atoms with E-state index in [0.717, 1.165) is 39.3 Å². The Morgan fingerprint density at radius 2 is 0.457 bits per heavy atom. The maximum absolute atomic E-state index is 2.51. The Balaban J connectivity index is 0.00000235. The Morgan fingerprint density at radius 1 is 0.304 bits per heavy atom. The lowest BCUT2D eigenvalue weighted by molar-refractivity contribution is -0.935. The Hall–Kier alpha value is -2.66. The molecule has 3 aromatic carbocycles. The van der Waals surface area contributed by atoms with E-state index in [-0.39, 0.29) is 0 Å². The van der Waals surface area contributed by atoms with E-state index in [9.17, 15) is 0 Å². The van der Waals surface area contributed by atoms with Crippen molar-refractivity contribution >= 4 is 0 Å². The first-order valence-corrected chi connectivity index (χ1v) is 18.6. The van der Waals surface area contributed by atoms with Crippen LogP contribution in [0, 0.1) is 0 Å². The first kappa shape index (κ1) is 36.2. The van der Waals surface area contributed by atoms with Gasteiger partial charge in [-0.1, -0.05) is 86.6 Å². The SMILES string of the molecule is CC.c1cc2ccc1C[NH2+]CC[NH+]1CC[NH2+]Cc3ccc(cc3)C[NH2+]CC[NH+](CC[NH2+]C2)CC[NH2+]Cc2ccc(cc2)C[NH2+]CC1. The lowest BCUT2D eigenvalue weighted by atomic mass is 10.1. The van der Waals surface area contributed by atoms with Crippen molar-refractivity contribution in [2.75, 3.05) is 78.5 Å². The molecule has 12 aliphatic heterocycles. The number of benzene rings is 3. The predicted octanol–water partition coefficient (Wildman–Crippen LogP) is -5.71. The van der Waals surface area contributed by atoms with Crippen LogP contribution in [0.4, 0.5) is 0 Å². The Bertz CT molecular complexity index is 939. The molecule has 0 amide bonds. The third-order valence-electron chi connectivity index (χ3n) is 9.56. The van der Waals surface area contributed by atoms with Crippen molar-refractivity contribution in [3.63, 3.8) is 0 Å². The van der Waals surface area contributed by atoms with Crippen molar-refractivity contribution in [1.82, 2.24) is 0 Å². The summed E-state index contributed by atoms with van der Waals surface area (Å²) in [7, 11) is 0. The average Bonchev–Trinajstić information content (AvgIpc) is 3.10. The third kappa shape index (κ3) is 14.0. The van der Waals surface area contributed by atoms with Gasteiger partial charge in [-0.3, -0.25) is 0 Å². The van der Waals surface area contributed by atoms with Gasteiger partial charge in [0, 0.05) is 33.4 Å². The second-order valence-corrected chi connectivity index (χ2v) is 13.1. The van der Waals surface area contributed by atoms with Crippen molar-refractivity contribution in [2.45, 2.75) is 53.1 Å². The molecule has 15 rings (SSSR count). The van der Waals surface area contributed by atoms with Crippen LogP contribution in [-0.2, 0) is 39.3 Å². The molecule has 8 heteroatoms. The second kappa shape index (κ2) is 22.0. The zero-order valence-corrected chi connectivity index (χ0v) is 29.1. The highest BCUT2D eigenvalue weighted by atomic mass is 15.2. The molecule has 0 spiro atoms. The minimum atomic E-state index is 1.08. The highest BCUT2D eigenvalue weighted by molar-refractivity contribution is 5.22. The minimum Gasteiger partial charge on any atom is -0.338 e. The summed E-state index contributed by atoms with van der Waals surface area (Å²) in [5.41, 5.74) is 8.67. The highest BCUT2D eigenvalue weighted by Gasteiger charge is 2.14. The molecule has 3 aromatic rings. The van der Waals surface area contributed by atoms with Gasteiger partial charge in [0.2, 0.25) is 0 Å². The van der Waals surface area contributed by atoms with Gasteiger partial charge in [0.05, 0.1) is 0 Å². The van der Waals surface area contributed by atoms with Gasteiger partial charge in [0.15, 0.2) is 0 Å². The number of quaternary nitrogens is 8. The normalized spacial score (nSPS) is 21.8. The molecule has 0 fully saturated rings. The van der Waals surface area contributed by atoms with Crippen molar-refractivity contribution in [2.24, 2.45) is 0 Å². The fraction of sp³-hybridized carbons (Fsp3) is 0.526. The van der Waals surface area contributed by atoms with Crippen LogP contribution in [0.5, 0.6) is 0 Å². The third-order valence-corrected chi connectivity index (χ3v) is 9.56. The zero-order chi connectivity index (χ0) is 32.1. The van der Waals surface area contributed by atoms with Gasteiger partial charge in [-0.15, -0.1) is 0 Å². The van der Waals surface area contributed by atoms with E-state index in [2.05, 4.69) is 105 Å². The van der Waals surface area contributed by atoms with E-state index >= 15 is 0 Å². The molecule has 12 heterocycles. The Labute approximate surface area is 279 Å². The molecule has 0 saturated carbocycles. The van der Waals surface area contributed by atoms with Crippen molar-refractivity contribution in [3.8, 4) is 0 Å². The largest absolute Gasteiger partial charge is 0.338 e. The standard InChI is InChI=1S/C36H54N8.C2H6/c1-2-32-4-3-31(1)25-37-13-19-43-21-15-39-27-33-5-9-35(10-6-33)29-41-17-23-44(20-14-38-26-32)24-18-42-30-36-11-7-34(8-12-36)28-40-16-22-43;1-2/h1-12,37-42H,13-30H2;1-2H3/p+8. The van der Waals surface area contributed by atoms with E-state index in [1.54, 1.807) is 9.80 Å². The Morgan fingerprint density at radius 3 is 0.609 bits per heavy atom. The lowest BCUT2D eigenvalue weighted by Gasteiger charge is -2.18. The van der Waals surface area contributed by atoms with Crippen LogP contribution in [0.25, 0.3) is 0 Å². The molecule has 252 valence electrons. The van der Waals surface area contributed by atoms with E-state index in [1.165, 1.54) is 112 Å². The topological polar surface area (TPSA) is 109 Å². The van der Waals surface area contributed by atoms with Crippen molar-refractivity contribution < 1.29 is 41.7 Å². The number of rotatable bonds is 0. The quantitative estimate of drug-likeness (QED) is 0.121. The van der Waals surface area contributed by atoms with E-state index in [0.29, 0.717) is 0 Å². The Kier molecular flexibility index (Phi) is 17.3. The minimum absolute atomic E-state index is 1.08. The number of nitrogens with two attached hydrogens (primary N) is 6. The van der Waals surface area contributed by atoms with E-state index in [1.807, 2.05) is 13.8 Å². The summed E-state index contributed by atoms with van der Waals surface area (Å²) in [5.74, 6) is 0. The molecule has 0 aromatic heterocycles. The molecule has 8 nitrogen and oxygen atoms in total. The summed E-state index contributed by atoms with van der Waals surface area (Å²) < 4.78 is 0. The highest BCUT2D eigenvalue weighted by Crippen LogP contribution is 2.03. The summed E-state index contributed by atoms with van der Waals surface area (Å²) in [5, 5.41) is 15.1. The summed E-state index contributed by atoms with van der Waals surface area (Å²) in [4.78, 5) is 3.47. The summed E-state index contributed by atoms with van der Waals surface area (Å²) in [6.45, 7) is 24.9. The van der Waals surface area contributed by atoms with Crippen LogP contribution in [-0.4, -0.2) is 78.5 Å². The number of hydrogen-bond donors (Lipinski definition) is 8. The predicted molar refractivity (Wildman–Crippen MR) is 185 cm³/mol. The smallest absolute Gasteiger partial charge is 0.127 e. The zero-order valence-electron chi connectivity index (χ0n) is 29.1. The molecule has 0 saturated heterocycles. The van der Waals surface area contributed by atoms with Crippen molar-refractivity contribution in [3.05, 3.63) is 106 Å². The van der Waals surface area contributed by atoms with Gasteiger partial charge in [0.1, 0.15) is 118 Å². The molecule has 0 radical (unpaired) electrons. The molecule has 0 unspecified atom stereocenters. The van der Waals surface area contributed by atoms with Gasteiger partial charge in [-0.25, -0.2) is 0 Å². The first-order valence-electron chi connectivity index (χ1n) is 18.6. The van der Waals surface area contributed by atoms with Crippen molar-refractivity contribution in [1.29, 1.82) is 0 Å². The van der Waals surface area contributed by atoms with E-state index < -0.39 is 0 Å². The van der Waals surface area contributed by atoms with Gasteiger partial charge < -0.3 is 41.7 Å². The summed E-state index contributed by atoms with van der Waals surface area (Å²) in [6.07, 6.45) is 0. The van der Waals surface area contributed by atoms with Crippen LogP contribution in [0.1, 0.15) is 47.2 Å². The molecule has 8 bridgehead atoms. The van der Waals surface area contributed by atoms with E-state index in [4.69, 9.17) is 0 Å². The van der Waals surface area contributed by atoms with Gasteiger partial charge in [0.25, 0.3) is 0 Å². The first-order chi connectivity index (χ1) is 22.8. The maximum Gasteiger partial charge on any atom is 0.127 e. The maximum atomic E-state index is 2.51. The second-order valence-electron chi connectivity index (χ2n) is 13.1. The molecule has 0 aliphatic carbocycles. The average molecular weight is 637 g/mol. The van der Waals surface area contributed by atoms with Gasteiger partial charge >= 0.3 is 0 Å². The van der Waals surface area contributed by atoms with Crippen LogP contribution in [0.3, 0.4) is 0 Å². The summed E-state index contributed by atoms with van der Waals surface area (Å²) in [6, 6.07) is 28.2. The fourth-order valence-corrected chi connectivity index (χ4v) is 6.63. The number of hydrogen-bond acceptors (Lipinski definition) is 0. The van der Waals surface area contributed by atoms with Crippen LogP contribution in [0.15, 0.2) is 72.8 Å². The van der Waals surface area contributed by atoms with Gasteiger partial charge in [-0.05, 0) is 0 Å². The molecular weight excluding hydrogens is 568 g/mol. The van der Waals surface area contributed by atoms with Gasteiger partial charge in [-0.2, -0.15) is 0 Å². The van der Waals surface area contributed by atoms with Crippen LogP contribution >= 0.6 is 0 Å². The molecule has 46 heavy (non-hydrogen) atoms. The lowest BCUT2D eigenvalue weighted by Crippen LogP contribution is -3.18.